The van der Waals surface area contributed by atoms with Gasteiger partial charge >= 0.3 is 0 Å². The van der Waals surface area contributed by atoms with E-state index >= 15 is 0 Å². The molecule has 40 heavy (non-hydrogen) atoms. The maximum absolute atomic E-state index is 10.5. The number of likely N-dealkylation sites (tertiary alicyclic amines) is 1. The fourth-order valence-corrected chi connectivity index (χ4v) is 6.47. The third-order valence-electron chi connectivity index (χ3n) is 8.56. The molecule has 3 aliphatic heterocycles. The van der Waals surface area contributed by atoms with E-state index in [2.05, 4.69) is 45.3 Å². The van der Waals surface area contributed by atoms with E-state index < -0.39 is 0 Å². The molecule has 0 spiro atoms. The highest BCUT2D eigenvalue weighted by Crippen LogP contribution is 2.40. The van der Waals surface area contributed by atoms with Gasteiger partial charge in [-0.1, -0.05) is 24.3 Å². The molecule has 6 rings (SSSR count). The van der Waals surface area contributed by atoms with Crippen molar-refractivity contribution in [2.45, 2.75) is 44.3 Å². The average molecular weight is 538 g/mol. The van der Waals surface area contributed by atoms with E-state index in [1.165, 1.54) is 0 Å². The third kappa shape index (κ3) is 4.99. The van der Waals surface area contributed by atoms with Crippen molar-refractivity contribution in [2.75, 3.05) is 56.2 Å². The Bertz CT molecular complexity index is 1490. The summed E-state index contributed by atoms with van der Waals surface area (Å²) in [5.74, 6) is 0.636. The van der Waals surface area contributed by atoms with Crippen molar-refractivity contribution < 1.29 is 9.84 Å². The Labute approximate surface area is 235 Å². The number of ether oxygens (including phenoxy) is 1. The molecule has 3 aromatic rings. The first-order valence-electron chi connectivity index (χ1n) is 14.2. The molecule has 9 heteroatoms. The minimum Gasteiger partial charge on any atom is -0.508 e. The zero-order valence-electron chi connectivity index (χ0n) is 22.9. The minimum atomic E-state index is 0.0457. The molecule has 0 amide bonds. The number of phenols is 1. The zero-order chi connectivity index (χ0) is 27.6. The predicted molar refractivity (Wildman–Crippen MR) is 155 cm³/mol. The van der Waals surface area contributed by atoms with Crippen molar-refractivity contribution in [3.8, 4) is 23.8 Å². The van der Waals surface area contributed by atoms with E-state index in [0.29, 0.717) is 43.6 Å². The van der Waals surface area contributed by atoms with Crippen LogP contribution in [0.5, 0.6) is 11.6 Å². The van der Waals surface area contributed by atoms with Crippen molar-refractivity contribution >= 4 is 22.1 Å². The molecule has 0 saturated carbocycles. The normalized spacial score (nSPS) is 21.2. The van der Waals surface area contributed by atoms with Gasteiger partial charge in [0.2, 0.25) is 5.88 Å². The molecule has 0 radical (unpaired) electrons. The highest BCUT2D eigenvalue weighted by atomic mass is 16.5. The van der Waals surface area contributed by atoms with Gasteiger partial charge in [0.25, 0.3) is 0 Å². The quantitative estimate of drug-likeness (QED) is 0.488. The van der Waals surface area contributed by atoms with Crippen LogP contribution in [0.15, 0.2) is 36.4 Å². The number of nitrogens with zero attached hydrogens (tertiary/aromatic N) is 6. The van der Waals surface area contributed by atoms with Gasteiger partial charge in [0.05, 0.1) is 30.4 Å². The van der Waals surface area contributed by atoms with E-state index in [1.807, 2.05) is 24.3 Å². The standard InChI is InChI=1S/C31H35N7O2/c1-36-12-4-6-23(36)20-40-31-27(17-33)30(38-14-11-34-22(18-38)8-10-32)26-9-13-37(19-28(26)35-31)29-16-24(39)15-21-5-2-3-7-25(21)29/h2-3,5,7,15-16,22-23,34,39H,4,6,8-9,11-14,18-20H2,1H3/t22-,23-/m0/s1. The Hall–Kier alpha value is -4.05. The highest BCUT2D eigenvalue weighted by Gasteiger charge is 2.32. The Balaban J connectivity index is 1.40. The number of piperazine rings is 1. The molecule has 0 unspecified atom stereocenters. The first-order valence-corrected chi connectivity index (χ1v) is 14.2. The monoisotopic (exact) mass is 537 g/mol. The number of fused-ring (bicyclic) bond motifs is 2. The second-order valence-corrected chi connectivity index (χ2v) is 11.1. The van der Waals surface area contributed by atoms with Gasteiger partial charge in [0.15, 0.2) is 0 Å². The van der Waals surface area contributed by atoms with Crippen molar-refractivity contribution in [3.05, 3.63) is 53.2 Å². The summed E-state index contributed by atoms with van der Waals surface area (Å²) in [7, 11) is 2.12. The summed E-state index contributed by atoms with van der Waals surface area (Å²) in [6, 6.07) is 16.8. The van der Waals surface area contributed by atoms with Crippen LogP contribution in [0.4, 0.5) is 11.4 Å². The molecule has 2 fully saturated rings. The Morgan fingerprint density at radius 1 is 1.15 bits per heavy atom. The lowest BCUT2D eigenvalue weighted by atomic mass is 9.96. The third-order valence-corrected chi connectivity index (χ3v) is 8.56. The van der Waals surface area contributed by atoms with Crippen molar-refractivity contribution in [3.63, 3.8) is 0 Å². The van der Waals surface area contributed by atoms with Crippen molar-refractivity contribution in [1.82, 2.24) is 15.2 Å². The molecule has 9 nitrogen and oxygen atoms in total. The summed E-state index contributed by atoms with van der Waals surface area (Å²) >= 11 is 0. The van der Waals surface area contributed by atoms with Gasteiger partial charge < -0.3 is 29.9 Å². The van der Waals surface area contributed by atoms with Crippen LogP contribution >= 0.6 is 0 Å². The Kier molecular flexibility index (Phi) is 7.34. The van der Waals surface area contributed by atoms with E-state index in [1.54, 1.807) is 6.07 Å². The molecule has 3 aliphatic rings. The number of aromatic hydroxyl groups is 1. The van der Waals surface area contributed by atoms with Gasteiger partial charge in [0, 0.05) is 61.0 Å². The highest BCUT2D eigenvalue weighted by molar-refractivity contribution is 5.95. The average Bonchev–Trinajstić information content (AvgIpc) is 3.39. The number of hydrogen-bond donors (Lipinski definition) is 2. The molecule has 1 aromatic heterocycles. The number of nitriles is 2. The number of phenolic OH excluding ortho intramolecular Hbond substituents is 1. The van der Waals surface area contributed by atoms with Crippen LogP contribution in [0.1, 0.15) is 36.1 Å². The van der Waals surface area contributed by atoms with Crippen LogP contribution in [0.3, 0.4) is 0 Å². The maximum atomic E-state index is 10.5. The number of pyridine rings is 1. The lowest BCUT2D eigenvalue weighted by molar-refractivity contribution is 0.192. The first-order chi connectivity index (χ1) is 19.6. The molecule has 2 atom stereocenters. The second kappa shape index (κ2) is 11.2. The smallest absolute Gasteiger partial charge is 0.234 e. The van der Waals surface area contributed by atoms with Gasteiger partial charge in [-0.3, -0.25) is 0 Å². The molecule has 206 valence electrons. The fourth-order valence-electron chi connectivity index (χ4n) is 6.47. The zero-order valence-corrected chi connectivity index (χ0v) is 22.9. The van der Waals surface area contributed by atoms with Crippen molar-refractivity contribution in [1.29, 1.82) is 10.5 Å². The maximum Gasteiger partial charge on any atom is 0.234 e. The largest absolute Gasteiger partial charge is 0.508 e. The van der Waals surface area contributed by atoms with Crippen molar-refractivity contribution in [2.24, 2.45) is 0 Å². The van der Waals surface area contributed by atoms with Gasteiger partial charge in [-0.05, 0) is 44.3 Å². The molecule has 0 aliphatic carbocycles. The summed E-state index contributed by atoms with van der Waals surface area (Å²) in [5.41, 5.74) is 4.36. The fraction of sp³-hybridized carbons (Fsp3) is 0.452. The summed E-state index contributed by atoms with van der Waals surface area (Å²) < 4.78 is 6.36. The number of aromatic nitrogens is 1. The van der Waals surface area contributed by atoms with E-state index in [0.717, 1.165) is 78.8 Å². The number of rotatable bonds is 6. The van der Waals surface area contributed by atoms with Crippen LogP contribution in [0.2, 0.25) is 0 Å². The first kappa shape index (κ1) is 26.2. The Morgan fingerprint density at radius 3 is 2.83 bits per heavy atom. The minimum absolute atomic E-state index is 0.0457. The molecular weight excluding hydrogens is 502 g/mol. The lowest BCUT2D eigenvalue weighted by Gasteiger charge is -2.39. The number of nitrogens with one attached hydrogen (secondary N) is 1. The van der Waals surface area contributed by atoms with E-state index in [-0.39, 0.29) is 11.8 Å². The van der Waals surface area contributed by atoms with Crippen LogP contribution in [-0.2, 0) is 13.0 Å². The Morgan fingerprint density at radius 2 is 2.02 bits per heavy atom. The topological polar surface area (TPSA) is 112 Å². The second-order valence-electron chi connectivity index (χ2n) is 11.1. The number of hydrogen-bond acceptors (Lipinski definition) is 9. The molecular formula is C31H35N7O2. The van der Waals surface area contributed by atoms with Crippen LogP contribution in [0.25, 0.3) is 10.8 Å². The van der Waals surface area contributed by atoms with E-state index in [4.69, 9.17) is 9.72 Å². The molecule has 4 heterocycles. The van der Waals surface area contributed by atoms with E-state index in [9.17, 15) is 15.6 Å². The molecule has 2 aromatic carbocycles. The molecule has 2 N–H and O–H groups in total. The number of benzene rings is 2. The number of anilines is 2. The number of likely N-dealkylation sites (N-methyl/N-ethyl adjacent to an activating group) is 1. The summed E-state index contributed by atoms with van der Waals surface area (Å²) in [6.07, 6.45) is 3.35. The summed E-state index contributed by atoms with van der Waals surface area (Å²) in [4.78, 5) is 11.8. The van der Waals surface area contributed by atoms with Gasteiger partial charge in [0.1, 0.15) is 24.0 Å². The van der Waals surface area contributed by atoms with Gasteiger partial charge in [-0.15, -0.1) is 0 Å². The predicted octanol–water partition coefficient (Wildman–Crippen LogP) is 3.54. The lowest BCUT2D eigenvalue weighted by Crippen LogP contribution is -2.51. The van der Waals surface area contributed by atoms with Gasteiger partial charge in [-0.25, -0.2) is 4.98 Å². The summed E-state index contributed by atoms with van der Waals surface area (Å²) in [6.45, 7) is 4.99. The molecule has 0 bridgehead atoms. The summed E-state index contributed by atoms with van der Waals surface area (Å²) in [5, 5.41) is 35.7. The molecule has 2 saturated heterocycles. The van der Waals surface area contributed by atoms with Gasteiger partial charge in [-0.2, -0.15) is 10.5 Å². The van der Waals surface area contributed by atoms with Crippen LogP contribution < -0.4 is 19.9 Å². The SMILES string of the molecule is CN1CCC[C@H]1COc1nc2c(c(N3CCN[C@@H](CC#N)C3)c1C#N)CCN(c1cc(O)cc3ccccc13)C2. The van der Waals surface area contributed by atoms with Crippen LogP contribution in [-0.4, -0.2) is 73.5 Å². The van der Waals surface area contributed by atoms with Crippen LogP contribution in [0, 0.1) is 22.7 Å².